The smallest absolute Gasteiger partial charge is 0.264 e. The highest BCUT2D eigenvalue weighted by molar-refractivity contribution is 7.90. The van der Waals surface area contributed by atoms with Gasteiger partial charge in [0.05, 0.1) is 21.5 Å². The Kier molecular flexibility index (Phi) is 7.06. The van der Waals surface area contributed by atoms with Crippen LogP contribution >= 0.6 is 0 Å². The van der Waals surface area contributed by atoms with Gasteiger partial charge in [0.25, 0.3) is 21.8 Å². The van der Waals surface area contributed by atoms with Gasteiger partial charge in [-0.2, -0.15) is 0 Å². The first kappa shape index (κ1) is 30.4. The van der Waals surface area contributed by atoms with E-state index in [9.17, 15) is 33.3 Å². The number of fused-ring (bicyclic) bond motifs is 1. The fraction of sp³-hybridized carbons (Fsp3) is 0.500. The van der Waals surface area contributed by atoms with Crippen LogP contribution in [0.1, 0.15) is 58.1 Å². The van der Waals surface area contributed by atoms with Gasteiger partial charge < -0.3 is 25.4 Å². The van der Waals surface area contributed by atoms with Crippen molar-refractivity contribution in [3.63, 3.8) is 0 Å². The molecule has 2 fully saturated rings. The number of ether oxygens (including phenoxy) is 1. The summed E-state index contributed by atoms with van der Waals surface area (Å²) in [6, 6.07) is 10.5. The van der Waals surface area contributed by atoms with Gasteiger partial charge in [-0.25, -0.2) is 13.1 Å². The Labute approximate surface area is 257 Å². The Hall–Kier alpha value is -3.61. The summed E-state index contributed by atoms with van der Waals surface area (Å²) in [6.07, 6.45) is 2.12. The van der Waals surface area contributed by atoms with E-state index in [1.807, 2.05) is 10.8 Å². The van der Waals surface area contributed by atoms with Gasteiger partial charge in [0.2, 0.25) is 0 Å². The summed E-state index contributed by atoms with van der Waals surface area (Å²) in [7, 11) is -4.19. The summed E-state index contributed by atoms with van der Waals surface area (Å²) < 4.78 is 33.7. The fourth-order valence-corrected chi connectivity index (χ4v) is 8.36. The van der Waals surface area contributed by atoms with E-state index in [-0.39, 0.29) is 28.0 Å². The Balaban J connectivity index is 1.30. The second-order valence-electron chi connectivity index (χ2n) is 13.3. The summed E-state index contributed by atoms with van der Waals surface area (Å²) in [5, 5.41) is 37.3. The lowest BCUT2D eigenvalue weighted by molar-refractivity contribution is -0.153. The number of rotatable bonds is 8. The number of carbonyl (C=O) groups is 2. The number of sulfonamides is 1. The van der Waals surface area contributed by atoms with E-state index in [4.69, 9.17) is 4.74 Å². The van der Waals surface area contributed by atoms with E-state index in [2.05, 4.69) is 10.2 Å². The zero-order valence-electron chi connectivity index (χ0n) is 25.3. The number of aliphatic hydroxyl groups is 2. The van der Waals surface area contributed by atoms with Crippen LogP contribution in [0.3, 0.4) is 0 Å². The number of phenolic OH excluding ortho intramolecular Hbond substituents is 1. The van der Waals surface area contributed by atoms with Gasteiger partial charge >= 0.3 is 0 Å². The number of piperidine rings is 1. The van der Waals surface area contributed by atoms with E-state index in [1.165, 1.54) is 57.9 Å². The molecule has 2 aliphatic heterocycles. The quantitative estimate of drug-likeness (QED) is 0.219. The molecule has 0 radical (unpaired) electrons. The van der Waals surface area contributed by atoms with Crippen molar-refractivity contribution in [2.45, 2.75) is 87.0 Å². The number of aromatic hydroxyl groups is 1. The van der Waals surface area contributed by atoms with Crippen molar-refractivity contribution in [3.8, 4) is 11.5 Å². The third-order valence-electron chi connectivity index (χ3n) is 9.99. The van der Waals surface area contributed by atoms with E-state index < -0.39 is 50.3 Å². The lowest BCUT2D eigenvalue weighted by atomic mass is 9.53. The van der Waals surface area contributed by atoms with Crippen LogP contribution in [0, 0.1) is 5.92 Å². The molecule has 4 aliphatic rings. The van der Waals surface area contributed by atoms with Crippen LogP contribution in [0.5, 0.6) is 11.5 Å². The van der Waals surface area contributed by atoms with E-state index in [0.29, 0.717) is 30.9 Å². The molecule has 2 aromatic rings. The van der Waals surface area contributed by atoms with Gasteiger partial charge in [-0.05, 0) is 89.6 Å². The Bertz CT molecular complexity index is 1670. The molecule has 11 nitrogen and oxygen atoms in total. The maximum atomic E-state index is 13.5. The second kappa shape index (κ2) is 10.2. The average Bonchev–Trinajstić information content (AvgIpc) is 3.71. The maximum Gasteiger partial charge on any atom is 0.264 e. The van der Waals surface area contributed by atoms with Crippen molar-refractivity contribution >= 4 is 21.8 Å². The molecule has 4 atom stereocenters. The Morgan fingerprint density at radius 2 is 1.82 bits per heavy atom. The van der Waals surface area contributed by atoms with E-state index >= 15 is 0 Å². The van der Waals surface area contributed by atoms with Crippen LogP contribution in [0.15, 0.2) is 58.7 Å². The van der Waals surface area contributed by atoms with Crippen LogP contribution in [0.4, 0.5) is 0 Å². The monoisotopic (exact) mass is 625 g/mol. The molecule has 1 spiro atoms. The number of hydrogen-bond acceptors (Lipinski definition) is 9. The number of nitrogens with one attached hydrogen (secondary N) is 2. The van der Waals surface area contributed by atoms with Crippen LogP contribution in [0.25, 0.3) is 0 Å². The topological polar surface area (TPSA) is 166 Å². The molecule has 6 rings (SSSR count). The summed E-state index contributed by atoms with van der Waals surface area (Å²) >= 11 is 0. The first-order valence-electron chi connectivity index (χ1n) is 14.9. The number of phenols is 1. The highest BCUT2D eigenvalue weighted by Crippen LogP contribution is 2.63. The molecule has 236 valence electrons. The van der Waals surface area contributed by atoms with Crippen molar-refractivity contribution < 1.29 is 38.1 Å². The molecule has 44 heavy (non-hydrogen) atoms. The molecular formula is C32H39N3O8S. The fourth-order valence-electron chi connectivity index (χ4n) is 7.23. The third kappa shape index (κ3) is 4.65. The van der Waals surface area contributed by atoms with Gasteiger partial charge in [-0.1, -0.05) is 24.3 Å². The minimum Gasteiger partial charge on any atom is -0.508 e. The first-order valence-corrected chi connectivity index (χ1v) is 16.4. The Morgan fingerprint density at radius 1 is 1.14 bits per heavy atom. The molecular weight excluding hydrogens is 586 g/mol. The predicted octanol–water partition coefficient (Wildman–Crippen LogP) is 2.41. The molecule has 2 aromatic carbocycles. The number of amides is 2. The van der Waals surface area contributed by atoms with Crippen LogP contribution in [-0.4, -0.2) is 76.8 Å². The van der Waals surface area contributed by atoms with Gasteiger partial charge in [-0.15, -0.1) is 0 Å². The van der Waals surface area contributed by atoms with Crippen LogP contribution in [-0.2, 0) is 31.4 Å². The van der Waals surface area contributed by atoms with E-state index in [1.54, 1.807) is 19.1 Å². The molecule has 1 saturated carbocycles. The highest BCUT2D eigenvalue weighted by Gasteiger charge is 2.69. The van der Waals surface area contributed by atoms with Crippen molar-refractivity contribution in [2.24, 2.45) is 5.92 Å². The number of hydrogen-bond donors (Lipinski definition) is 5. The molecule has 2 bridgehead atoms. The molecule has 2 aliphatic carbocycles. The minimum atomic E-state index is -4.19. The predicted molar refractivity (Wildman–Crippen MR) is 161 cm³/mol. The normalized spacial score (nSPS) is 28.4. The number of likely N-dealkylation sites (tertiary alicyclic amines) is 1. The number of aliphatic hydroxyl groups excluding tert-OH is 1. The van der Waals surface area contributed by atoms with Gasteiger partial charge in [0.1, 0.15) is 11.3 Å². The largest absolute Gasteiger partial charge is 0.508 e. The lowest BCUT2D eigenvalue weighted by Gasteiger charge is -2.59. The number of benzene rings is 2. The molecule has 12 heteroatoms. The SMILES string of the molecule is C/C(C(=O)NC(C)(C)C(=O)NS(=O)(=O)c1ccccc1)=C(/O)[C@@H]1Oc2c(O)ccc3c2[C@@]12CCN(CC1CC1)[C@H](C3)[C@@]2(C)O. The van der Waals surface area contributed by atoms with Crippen molar-refractivity contribution in [1.82, 2.24) is 14.9 Å². The minimum absolute atomic E-state index is 0.106. The average molecular weight is 626 g/mol. The van der Waals surface area contributed by atoms with Crippen LogP contribution < -0.4 is 14.8 Å². The summed E-state index contributed by atoms with van der Waals surface area (Å²) in [5.74, 6) is -1.55. The Morgan fingerprint density at radius 3 is 2.48 bits per heavy atom. The zero-order valence-corrected chi connectivity index (χ0v) is 26.1. The molecule has 2 heterocycles. The highest BCUT2D eigenvalue weighted by atomic mass is 32.2. The zero-order chi connectivity index (χ0) is 31.8. The summed E-state index contributed by atoms with van der Waals surface area (Å²) in [6.45, 7) is 7.35. The van der Waals surface area contributed by atoms with Crippen LogP contribution in [0.2, 0.25) is 0 Å². The number of carbonyl (C=O) groups excluding carboxylic acids is 2. The lowest BCUT2D eigenvalue weighted by Crippen LogP contribution is -2.73. The molecule has 0 aromatic heterocycles. The van der Waals surface area contributed by atoms with Crippen molar-refractivity contribution in [1.29, 1.82) is 0 Å². The molecule has 5 N–H and O–H groups in total. The maximum absolute atomic E-state index is 13.5. The van der Waals surface area contributed by atoms with E-state index in [0.717, 1.165) is 12.1 Å². The van der Waals surface area contributed by atoms with Crippen molar-refractivity contribution in [3.05, 3.63) is 64.9 Å². The first-order chi connectivity index (χ1) is 20.6. The van der Waals surface area contributed by atoms with Gasteiger partial charge in [0, 0.05) is 18.2 Å². The summed E-state index contributed by atoms with van der Waals surface area (Å²) in [5.41, 5.74) is -2.82. The third-order valence-corrected chi connectivity index (χ3v) is 11.3. The second-order valence-corrected chi connectivity index (χ2v) is 15.0. The molecule has 0 unspecified atom stereocenters. The number of nitrogens with zero attached hydrogens (tertiary/aromatic N) is 1. The van der Waals surface area contributed by atoms with Gasteiger partial charge in [-0.3, -0.25) is 14.5 Å². The molecule has 2 amide bonds. The van der Waals surface area contributed by atoms with Gasteiger partial charge in [0.15, 0.2) is 17.6 Å². The summed E-state index contributed by atoms with van der Waals surface area (Å²) in [4.78, 5) is 28.7. The standard InChI is InChI=1S/C32H39N3O8S/c1-18(28(38)33-30(2,3)29(39)34-44(41,42)21-8-6-5-7-9-21)25(37)27-32-14-15-35(17-19-10-11-19)23(31(32,4)40)16-20-12-13-22(36)26(43-27)24(20)32/h5-9,12-13,19,23,27,36-37,40H,10-11,14-17H2,1-4H3,(H,33,38)(H,34,39)/b25-18-/t23-,27+,31-,32+/m1/s1. The molecule has 1 saturated heterocycles. The van der Waals surface area contributed by atoms with Crippen molar-refractivity contribution in [2.75, 3.05) is 13.1 Å².